The summed E-state index contributed by atoms with van der Waals surface area (Å²) >= 11 is 0. The van der Waals surface area contributed by atoms with Gasteiger partial charge in [0.25, 0.3) is 6.43 Å². The third-order valence-corrected chi connectivity index (χ3v) is 1.98. The Kier molecular flexibility index (Phi) is 3.73. The highest BCUT2D eigenvalue weighted by Crippen LogP contribution is 2.34. The van der Waals surface area contributed by atoms with Crippen molar-refractivity contribution in [2.24, 2.45) is 0 Å². The molecule has 1 aromatic rings. The standard InChI is InChI=1S/C9H7F5N2O2/c1-18-8(17)6-5(7(10)11)3(15)2-4(16-6)9(12,13)14/h2,7H,1H3,(H2,15,16). The molecule has 0 amide bonds. The predicted molar refractivity (Wildman–Crippen MR) is 49.9 cm³/mol. The summed E-state index contributed by atoms with van der Waals surface area (Å²) < 4.78 is 66.5. The molecule has 1 aromatic heterocycles. The quantitative estimate of drug-likeness (QED) is 0.662. The van der Waals surface area contributed by atoms with Gasteiger partial charge in [-0.2, -0.15) is 13.2 Å². The number of alkyl halides is 5. The highest BCUT2D eigenvalue weighted by atomic mass is 19.4. The fraction of sp³-hybridized carbons (Fsp3) is 0.333. The first-order valence-electron chi connectivity index (χ1n) is 4.42. The summed E-state index contributed by atoms with van der Waals surface area (Å²) in [6.45, 7) is 0. The van der Waals surface area contributed by atoms with E-state index in [1.54, 1.807) is 0 Å². The van der Waals surface area contributed by atoms with E-state index in [0.717, 1.165) is 7.11 Å². The second-order valence-electron chi connectivity index (χ2n) is 3.15. The fourth-order valence-electron chi connectivity index (χ4n) is 1.20. The van der Waals surface area contributed by atoms with Crippen molar-refractivity contribution in [3.63, 3.8) is 0 Å². The van der Waals surface area contributed by atoms with E-state index in [1.165, 1.54) is 0 Å². The van der Waals surface area contributed by atoms with Crippen molar-refractivity contribution in [1.29, 1.82) is 0 Å². The number of pyridine rings is 1. The number of ether oxygens (including phenoxy) is 1. The van der Waals surface area contributed by atoms with Gasteiger partial charge in [0, 0.05) is 5.69 Å². The fourth-order valence-corrected chi connectivity index (χ4v) is 1.20. The lowest BCUT2D eigenvalue weighted by Gasteiger charge is -2.13. The Labute approximate surface area is 97.6 Å². The van der Waals surface area contributed by atoms with Crippen LogP contribution in [-0.4, -0.2) is 18.1 Å². The van der Waals surface area contributed by atoms with Crippen molar-refractivity contribution >= 4 is 11.7 Å². The molecular formula is C9H7F5N2O2. The van der Waals surface area contributed by atoms with Crippen LogP contribution in [-0.2, 0) is 10.9 Å². The maximum absolute atomic E-state index is 12.6. The number of esters is 1. The zero-order valence-electron chi connectivity index (χ0n) is 8.89. The van der Waals surface area contributed by atoms with Gasteiger partial charge in [0.2, 0.25) is 0 Å². The number of carbonyl (C=O) groups excluding carboxylic acids is 1. The van der Waals surface area contributed by atoms with E-state index in [2.05, 4.69) is 9.72 Å². The van der Waals surface area contributed by atoms with Crippen LogP contribution >= 0.6 is 0 Å². The zero-order chi connectivity index (χ0) is 14.1. The number of nitrogen functional groups attached to an aromatic ring is 1. The van der Waals surface area contributed by atoms with Gasteiger partial charge in [0.05, 0.1) is 12.7 Å². The van der Waals surface area contributed by atoms with Gasteiger partial charge < -0.3 is 10.5 Å². The molecule has 1 heterocycles. The molecule has 0 fully saturated rings. The van der Waals surface area contributed by atoms with E-state index in [4.69, 9.17) is 5.73 Å². The van der Waals surface area contributed by atoms with Crippen molar-refractivity contribution in [3.8, 4) is 0 Å². The number of nitrogens with zero attached hydrogens (tertiary/aromatic N) is 1. The first-order chi connectivity index (χ1) is 8.18. The maximum Gasteiger partial charge on any atom is 0.433 e. The van der Waals surface area contributed by atoms with Crippen molar-refractivity contribution in [3.05, 3.63) is 23.0 Å². The Morgan fingerprint density at radius 1 is 1.44 bits per heavy atom. The van der Waals surface area contributed by atoms with Gasteiger partial charge in [0.1, 0.15) is 5.69 Å². The molecule has 0 unspecified atom stereocenters. The van der Waals surface area contributed by atoms with Crippen molar-refractivity contribution in [2.75, 3.05) is 12.8 Å². The molecule has 0 saturated heterocycles. The number of nitrogens with two attached hydrogens (primary N) is 1. The average molecular weight is 270 g/mol. The van der Waals surface area contributed by atoms with Gasteiger partial charge in [-0.25, -0.2) is 18.6 Å². The summed E-state index contributed by atoms with van der Waals surface area (Å²) in [5, 5.41) is 0. The molecule has 0 atom stereocenters. The van der Waals surface area contributed by atoms with Gasteiger partial charge in [-0.05, 0) is 6.07 Å². The van der Waals surface area contributed by atoms with Gasteiger partial charge >= 0.3 is 12.1 Å². The molecule has 0 radical (unpaired) electrons. The SMILES string of the molecule is COC(=O)c1nc(C(F)(F)F)cc(N)c1C(F)F. The second-order valence-corrected chi connectivity index (χ2v) is 3.15. The molecule has 100 valence electrons. The van der Waals surface area contributed by atoms with Gasteiger partial charge in [-0.15, -0.1) is 0 Å². The van der Waals surface area contributed by atoms with Gasteiger partial charge in [-0.1, -0.05) is 0 Å². The van der Waals surface area contributed by atoms with E-state index in [-0.39, 0.29) is 6.07 Å². The van der Waals surface area contributed by atoms with Crippen LogP contribution in [0.1, 0.15) is 28.2 Å². The van der Waals surface area contributed by atoms with Crippen LogP contribution in [0.4, 0.5) is 27.6 Å². The molecule has 0 saturated carbocycles. The monoisotopic (exact) mass is 270 g/mol. The van der Waals surface area contributed by atoms with E-state index in [9.17, 15) is 26.7 Å². The first kappa shape index (κ1) is 14.1. The van der Waals surface area contributed by atoms with Crippen LogP contribution in [0.5, 0.6) is 0 Å². The Morgan fingerprint density at radius 2 is 2.00 bits per heavy atom. The lowest BCUT2D eigenvalue weighted by atomic mass is 10.1. The molecule has 18 heavy (non-hydrogen) atoms. The summed E-state index contributed by atoms with van der Waals surface area (Å²) in [4.78, 5) is 14.0. The van der Waals surface area contributed by atoms with E-state index < -0.39 is 41.2 Å². The summed E-state index contributed by atoms with van der Waals surface area (Å²) in [7, 11) is 0.829. The number of hydrogen-bond donors (Lipinski definition) is 1. The van der Waals surface area contributed by atoms with Crippen molar-refractivity contribution in [2.45, 2.75) is 12.6 Å². The minimum Gasteiger partial charge on any atom is -0.464 e. The molecule has 0 bridgehead atoms. The molecule has 4 nitrogen and oxygen atoms in total. The summed E-state index contributed by atoms with van der Waals surface area (Å²) in [5.41, 5.74) is 0.466. The number of anilines is 1. The van der Waals surface area contributed by atoms with E-state index >= 15 is 0 Å². The molecule has 1 rings (SSSR count). The van der Waals surface area contributed by atoms with Crippen molar-refractivity contribution < 1.29 is 31.5 Å². The number of carbonyl (C=O) groups is 1. The first-order valence-corrected chi connectivity index (χ1v) is 4.42. The normalized spacial score (nSPS) is 11.7. The molecule has 0 spiro atoms. The van der Waals surface area contributed by atoms with E-state index in [1.807, 2.05) is 0 Å². The second kappa shape index (κ2) is 4.75. The number of methoxy groups -OCH3 is 1. The molecule has 0 aliphatic rings. The lowest BCUT2D eigenvalue weighted by molar-refractivity contribution is -0.141. The minimum absolute atomic E-state index is 0.244. The van der Waals surface area contributed by atoms with Crippen LogP contribution in [0.15, 0.2) is 6.07 Å². The molecule has 0 aromatic carbocycles. The lowest BCUT2D eigenvalue weighted by Crippen LogP contribution is -2.17. The number of hydrogen-bond acceptors (Lipinski definition) is 4. The number of halogens is 5. The summed E-state index contributed by atoms with van der Waals surface area (Å²) in [5.74, 6) is -1.41. The Balaban J connectivity index is 3.52. The summed E-state index contributed by atoms with van der Waals surface area (Å²) in [6, 6.07) is 0.244. The van der Waals surface area contributed by atoms with Crippen LogP contribution in [0.25, 0.3) is 0 Å². The smallest absolute Gasteiger partial charge is 0.433 e. The Hall–Kier alpha value is -1.93. The predicted octanol–water partition coefficient (Wildman–Crippen LogP) is 2.41. The van der Waals surface area contributed by atoms with Crippen molar-refractivity contribution in [1.82, 2.24) is 4.98 Å². The molecule has 0 aliphatic carbocycles. The summed E-state index contributed by atoms with van der Waals surface area (Å²) in [6.07, 6.45) is -8.15. The van der Waals surface area contributed by atoms with Crippen LogP contribution in [0.3, 0.4) is 0 Å². The zero-order valence-corrected chi connectivity index (χ0v) is 8.89. The molecule has 2 N–H and O–H groups in total. The van der Waals surface area contributed by atoms with Crippen LogP contribution in [0, 0.1) is 0 Å². The number of aromatic nitrogens is 1. The Bertz CT molecular complexity index is 473. The highest BCUT2D eigenvalue weighted by molar-refractivity contribution is 5.90. The van der Waals surface area contributed by atoms with Gasteiger partial charge in [-0.3, -0.25) is 0 Å². The third kappa shape index (κ3) is 2.66. The minimum atomic E-state index is -4.91. The third-order valence-electron chi connectivity index (χ3n) is 1.98. The van der Waals surface area contributed by atoms with Crippen LogP contribution < -0.4 is 5.73 Å². The van der Waals surface area contributed by atoms with Crippen LogP contribution in [0.2, 0.25) is 0 Å². The molecule has 0 aliphatic heterocycles. The Morgan fingerprint density at radius 3 is 2.39 bits per heavy atom. The topological polar surface area (TPSA) is 65.2 Å². The average Bonchev–Trinajstić information content (AvgIpc) is 2.25. The molecule has 9 heteroatoms. The van der Waals surface area contributed by atoms with E-state index in [0.29, 0.717) is 0 Å². The largest absolute Gasteiger partial charge is 0.464 e. The molecular weight excluding hydrogens is 263 g/mol. The van der Waals surface area contributed by atoms with Gasteiger partial charge in [0.15, 0.2) is 5.69 Å². The highest BCUT2D eigenvalue weighted by Gasteiger charge is 2.36. The number of rotatable bonds is 2. The maximum atomic E-state index is 12.6.